The molecular weight excluding hydrogens is 408 g/mol. The van der Waals surface area contributed by atoms with Crippen LogP contribution in [0.4, 0.5) is 17.6 Å². The zero-order valence-corrected chi connectivity index (χ0v) is 16.1. The first-order chi connectivity index (χ1) is 13.7. The van der Waals surface area contributed by atoms with Crippen molar-refractivity contribution in [1.29, 1.82) is 0 Å². The van der Waals surface area contributed by atoms with Crippen molar-refractivity contribution in [2.75, 3.05) is 6.54 Å². The standard InChI is InChI=1S/C19H16F4N4OS/c1-11-8-16(19(21,22)23)25-27(11)10-17(28)26-7-6-14-15(9-26)29-18(24-14)12-4-2-3-5-13(12)20/h2-5,8H,6-7,9-10H2,1H3. The van der Waals surface area contributed by atoms with Crippen molar-refractivity contribution in [2.24, 2.45) is 0 Å². The molecule has 0 N–H and O–H groups in total. The molecular formula is C19H16F4N4OS. The fourth-order valence-corrected chi connectivity index (χ4v) is 4.35. The SMILES string of the molecule is Cc1cc(C(F)(F)F)nn1CC(=O)N1CCc2nc(-c3ccccc3F)sc2C1. The number of alkyl halides is 3. The van der Waals surface area contributed by atoms with Crippen molar-refractivity contribution in [3.8, 4) is 10.6 Å². The summed E-state index contributed by atoms with van der Waals surface area (Å²) in [5.74, 6) is -0.683. The maximum atomic E-state index is 14.0. The number of halogens is 4. The van der Waals surface area contributed by atoms with E-state index < -0.39 is 11.9 Å². The summed E-state index contributed by atoms with van der Waals surface area (Å²) in [6.45, 7) is 1.91. The number of carbonyl (C=O) groups is 1. The highest BCUT2D eigenvalue weighted by atomic mass is 32.1. The number of carbonyl (C=O) groups excluding carboxylic acids is 1. The summed E-state index contributed by atoms with van der Waals surface area (Å²) in [5, 5.41) is 4.06. The minimum Gasteiger partial charge on any atom is -0.335 e. The van der Waals surface area contributed by atoms with Gasteiger partial charge in [-0.25, -0.2) is 9.37 Å². The van der Waals surface area contributed by atoms with E-state index in [0.717, 1.165) is 21.3 Å². The van der Waals surface area contributed by atoms with Crippen LogP contribution in [0, 0.1) is 12.7 Å². The number of aromatic nitrogens is 3. The molecule has 1 amide bonds. The number of fused-ring (bicyclic) bond motifs is 1. The van der Waals surface area contributed by atoms with Crippen LogP contribution in [0.15, 0.2) is 30.3 Å². The molecule has 1 aliphatic heterocycles. The molecule has 10 heteroatoms. The monoisotopic (exact) mass is 424 g/mol. The summed E-state index contributed by atoms with van der Waals surface area (Å²) in [6, 6.07) is 7.28. The highest BCUT2D eigenvalue weighted by molar-refractivity contribution is 7.15. The number of benzene rings is 1. The second kappa shape index (κ2) is 7.25. The van der Waals surface area contributed by atoms with Crippen LogP contribution in [0.25, 0.3) is 10.6 Å². The van der Waals surface area contributed by atoms with Gasteiger partial charge in [0.1, 0.15) is 17.4 Å². The van der Waals surface area contributed by atoms with Gasteiger partial charge in [-0.2, -0.15) is 18.3 Å². The van der Waals surface area contributed by atoms with Crippen molar-refractivity contribution < 1.29 is 22.4 Å². The van der Waals surface area contributed by atoms with Crippen LogP contribution in [-0.4, -0.2) is 32.1 Å². The molecule has 4 rings (SSSR count). The second-order valence-electron chi connectivity index (χ2n) is 6.76. The van der Waals surface area contributed by atoms with Gasteiger partial charge in [-0.1, -0.05) is 12.1 Å². The average Bonchev–Trinajstić information content (AvgIpc) is 3.25. The lowest BCUT2D eigenvalue weighted by atomic mass is 10.1. The molecule has 152 valence electrons. The van der Waals surface area contributed by atoms with Gasteiger partial charge in [0.2, 0.25) is 5.91 Å². The Hall–Kier alpha value is -2.75. The molecule has 0 atom stereocenters. The minimum atomic E-state index is -4.55. The quantitative estimate of drug-likeness (QED) is 0.596. The lowest BCUT2D eigenvalue weighted by Gasteiger charge is -2.26. The zero-order chi connectivity index (χ0) is 20.8. The van der Waals surface area contributed by atoms with Gasteiger partial charge in [-0.3, -0.25) is 9.48 Å². The first-order valence-corrected chi connectivity index (χ1v) is 9.67. The molecule has 1 aromatic carbocycles. The van der Waals surface area contributed by atoms with E-state index in [-0.39, 0.29) is 24.0 Å². The summed E-state index contributed by atoms with van der Waals surface area (Å²) in [5.41, 5.74) is 0.493. The number of nitrogens with zero attached hydrogens (tertiary/aromatic N) is 4. The van der Waals surface area contributed by atoms with Gasteiger partial charge in [0.15, 0.2) is 5.69 Å². The van der Waals surface area contributed by atoms with Gasteiger partial charge < -0.3 is 4.90 Å². The van der Waals surface area contributed by atoms with E-state index in [0.29, 0.717) is 30.1 Å². The fourth-order valence-electron chi connectivity index (χ4n) is 3.20. The Balaban J connectivity index is 1.50. The van der Waals surface area contributed by atoms with Crippen molar-refractivity contribution in [1.82, 2.24) is 19.7 Å². The Morgan fingerprint density at radius 2 is 2.03 bits per heavy atom. The molecule has 0 radical (unpaired) electrons. The molecule has 29 heavy (non-hydrogen) atoms. The van der Waals surface area contributed by atoms with Crippen LogP contribution in [0.1, 0.15) is 22.0 Å². The summed E-state index contributed by atoms with van der Waals surface area (Å²) in [7, 11) is 0. The number of aryl methyl sites for hydroxylation is 1. The summed E-state index contributed by atoms with van der Waals surface area (Å²) in [4.78, 5) is 19.6. The average molecular weight is 424 g/mol. The van der Waals surface area contributed by atoms with Crippen LogP contribution in [-0.2, 0) is 30.5 Å². The number of thiazole rings is 1. The van der Waals surface area contributed by atoms with Gasteiger partial charge >= 0.3 is 6.18 Å². The van der Waals surface area contributed by atoms with Crippen LogP contribution < -0.4 is 0 Å². The molecule has 2 aromatic heterocycles. The van der Waals surface area contributed by atoms with Crippen LogP contribution >= 0.6 is 11.3 Å². The minimum absolute atomic E-state index is 0.267. The zero-order valence-electron chi connectivity index (χ0n) is 15.3. The third-order valence-corrected chi connectivity index (χ3v) is 5.86. The third kappa shape index (κ3) is 3.89. The number of amides is 1. The maximum absolute atomic E-state index is 14.0. The highest BCUT2D eigenvalue weighted by Crippen LogP contribution is 2.33. The predicted molar refractivity (Wildman–Crippen MR) is 98.6 cm³/mol. The van der Waals surface area contributed by atoms with E-state index in [9.17, 15) is 22.4 Å². The lowest BCUT2D eigenvalue weighted by molar-refractivity contribution is -0.142. The van der Waals surface area contributed by atoms with Gasteiger partial charge in [-0.15, -0.1) is 11.3 Å². The van der Waals surface area contributed by atoms with Crippen LogP contribution in [0.5, 0.6) is 0 Å². The molecule has 0 unspecified atom stereocenters. The van der Waals surface area contributed by atoms with Crippen LogP contribution in [0.2, 0.25) is 0 Å². The first kappa shape index (κ1) is 19.6. The third-order valence-electron chi connectivity index (χ3n) is 4.74. The number of hydrogen-bond donors (Lipinski definition) is 0. The van der Waals surface area contributed by atoms with Crippen LogP contribution in [0.3, 0.4) is 0 Å². The van der Waals surface area contributed by atoms with Crippen molar-refractivity contribution in [2.45, 2.75) is 32.6 Å². The van der Waals surface area contributed by atoms with Crippen molar-refractivity contribution >= 4 is 17.2 Å². The molecule has 5 nitrogen and oxygen atoms in total. The van der Waals surface area contributed by atoms with Crippen molar-refractivity contribution in [3.63, 3.8) is 0 Å². The van der Waals surface area contributed by atoms with E-state index >= 15 is 0 Å². The summed E-state index contributed by atoms with van der Waals surface area (Å²) < 4.78 is 53.5. The summed E-state index contributed by atoms with van der Waals surface area (Å²) in [6.07, 6.45) is -4.04. The van der Waals surface area contributed by atoms with Gasteiger partial charge in [0.25, 0.3) is 0 Å². The molecule has 1 aliphatic rings. The second-order valence-corrected chi connectivity index (χ2v) is 7.84. The summed E-state index contributed by atoms with van der Waals surface area (Å²) >= 11 is 1.32. The van der Waals surface area contributed by atoms with Gasteiger partial charge in [0, 0.05) is 29.1 Å². The van der Waals surface area contributed by atoms with E-state index in [4.69, 9.17) is 0 Å². The number of hydrogen-bond acceptors (Lipinski definition) is 4. The predicted octanol–water partition coefficient (Wildman–Crippen LogP) is 4.06. The Kier molecular flexibility index (Phi) is 4.89. The molecule has 3 heterocycles. The molecule has 0 fully saturated rings. The maximum Gasteiger partial charge on any atom is 0.435 e. The molecule has 0 spiro atoms. The molecule has 0 bridgehead atoms. The number of rotatable bonds is 3. The highest BCUT2D eigenvalue weighted by Gasteiger charge is 2.35. The van der Waals surface area contributed by atoms with Gasteiger partial charge in [0.05, 0.1) is 12.2 Å². The molecule has 3 aromatic rings. The fraction of sp³-hybridized carbons (Fsp3) is 0.316. The van der Waals surface area contributed by atoms with E-state index in [1.54, 1.807) is 23.1 Å². The van der Waals surface area contributed by atoms with E-state index in [1.165, 1.54) is 24.3 Å². The Morgan fingerprint density at radius 1 is 1.28 bits per heavy atom. The molecule has 0 saturated carbocycles. The van der Waals surface area contributed by atoms with Gasteiger partial charge in [-0.05, 0) is 25.1 Å². The Labute approximate surface area is 167 Å². The smallest absolute Gasteiger partial charge is 0.335 e. The van der Waals surface area contributed by atoms with Crippen molar-refractivity contribution in [3.05, 3.63) is 58.1 Å². The Bertz CT molecular complexity index is 1070. The normalized spacial score (nSPS) is 14.2. The Morgan fingerprint density at radius 3 is 2.72 bits per heavy atom. The lowest BCUT2D eigenvalue weighted by Crippen LogP contribution is -2.38. The first-order valence-electron chi connectivity index (χ1n) is 8.85. The van der Waals surface area contributed by atoms with E-state index in [1.807, 2.05) is 0 Å². The molecule has 0 aliphatic carbocycles. The van der Waals surface area contributed by atoms with E-state index in [2.05, 4.69) is 10.1 Å². The molecule has 0 saturated heterocycles. The topological polar surface area (TPSA) is 51.0 Å². The largest absolute Gasteiger partial charge is 0.435 e.